The van der Waals surface area contributed by atoms with Crippen LogP contribution < -0.4 is 10.5 Å². The van der Waals surface area contributed by atoms with Crippen molar-refractivity contribution in [2.45, 2.75) is 18.2 Å². The number of primary sulfonamides is 1. The zero-order valence-corrected chi connectivity index (χ0v) is 10.0. The van der Waals surface area contributed by atoms with Crippen LogP contribution in [0.4, 0.5) is 5.69 Å². The number of carbonyl (C=O) groups excluding carboxylic acids is 1. The molecule has 0 heterocycles. The van der Waals surface area contributed by atoms with Gasteiger partial charge in [0.05, 0.1) is 11.3 Å². The summed E-state index contributed by atoms with van der Waals surface area (Å²) in [7, 11) is -3.80. The number of hydrogen-bond donors (Lipinski definition) is 2. The van der Waals surface area contributed by atoms with Gasteiger partial charge in [-0.3, -0.25) is 4.79 Å². The van der Waals surface area contributed by atoms with E-state index in [1.165, 1.54) is 6.07 Å². The minimum Gasteiger partial charge on any atom is -0.325 e. The second-order valence-electron chi connectivity index (χ2n) is 3.45. The van der Waals surface area contributed by atoms with Crippen LogP contribution in [0.3, 0.4) is 0 Å². The van der Waals surface area contributed by atoms with Crippen molar-refractivity contribution >= 4 is 21.6 Å². The molecule has 1 amide bonds. The number of benzene rings is 1. The minimum atomic E-state index is -3.80. The van der Waals surface area contributed by atoms with E-state index in [9.17, 15) is 13.2 Å². The first-order chi connectivity index (χ1) is 7.84. The van der Waals surface area contributed by atoms with Crippen molar-refractivity contribution in [3.63, 3.8) is 0 Å². The fraction of sp³-hybridized carbons (Fsp3) is 0.182. The Balaban J connectivity index is 3.07. The fourth-order valence-electron chi connectivity index (χ4n) is 1.28. The Labute approximate surface area is 100 Å². The molecular formula is C11H12N2O3S. The molecule has 0 saturated carbocycles. The first-order valence-electron chi connectivity index (χ1n) is 4.71. The number of hydrogen-bond acceptors (Lipinski definition) is 3. The smallest absolute Gasteiger partial charge is 0.238 e. The number of nitrogens with one attached hydrogen (secondary N) is 1. The van der Waals surface area contributed by atoms with E-state index in [1.807, 2.05) is 0 Å². The van der Waals surface area contributed by atoms with Crippen molar-refractivity contribution in [2.24, 2.45) is 5.14 Å². The van der Waals surface area contributed by atoms with E-state index in [2.05, 4.69) is 11.2 Å². The molecule has 0 aliphatic rings. The molecule has 90 valence electrons. The number of terminal acetylenes is 1. The summed E-state index contributed by atoms with van der Waals surface area (Å²) in [6.07, 6.45) is 4.91. The van der Waals surface area contributed by atoms with Crippen LogP contribution >= 0.6 is 0 Å². The highest BCUT2D eigenvalue weighted by Gasteiger charge is 2.12. The van der Waals surface area contributed by atoms with Crippen LogP contribution in [0, 0.1) is 19.3 Å². The van der Waals surface area contributed by atoms with Crippen LogP contribution in [0.5, 0.6) is 0 Å². The number of anilines is 1. The zero-order valence-electron chi connectivity index (χ0n) is 9.23. The van der Waals surface area contributed by atoms with Gasteiger partial charge in [-0.2, -0.15) is 0 Å². The van der Waals surface area contributed by atoms with Crippen molar-refractivity contribution in [1.29, 1.82) is 0 Å². The molecule has 17 heavy (non-hydrogen) atoms. The Hall–Kier alpha value is -1.84. The van der Waals surface area contributed by atoms with Gasteiger partial charge in [0, 0.05) is 5.69 Å². The van der Waals surface area contributed by atoms with Crippen molar-refractivity contribution in [1.82, 2.24) is 0 Å². The molecule has 0 fully saturated rings. The summed E-state index contributed by atoms with van der Waals surface area (Å²) in [5.41, 5.74) is 0.863. The normalized spacial score (nSPS) is 10.6. The SMILES string of the molecule is C#CCC(=O)Nc1ccc(C)c(S(N)(=O)=O)c1. The van der Waals surface area contributed by atoms with Crippen LogP contribution in [0.15, 0.2) is 23.1 Å². The lowest BCUT2D eigenvalue weighted by atomic mass is 10.2. The van der Waals surface area contributed by atoms with Crippen molar-refractivity contribution in [3.8, 4) is 12.3 Å². The predicted octanol–water partition coefficient (Wildman–Crippen LogP) is 0.604. The standard InChI is InChI=1S/C11H12N2O3S/c1-3-4-11(14)13-9-6-5-8(2)10(7-9)17(12,15)16/h1,5-7H,4H2,2H3,(H,13,14)(H2,12,15,16). The Kier molecular flexibility index (Phi) is 3.89. The third kappa shape index (κ3) is 3.59. The third-order valence-electron chi connectivity index (χ3n) is 2.04. The van der Waals surface area contributed by atoms with Gasteiger partial charge >= 0.3 is 0 Å². The summed E-state index contributed by atoms with van der Waals surface area (Å²) in [6.45, 7) is 1.62. The quantitative estimate of drug-likeness (QED) is 0.772. The van der Waals surface area contributed by atoms with E-state index in [0.717, 1.165) is 0 Å². The summed E-state index contributed by atoms with van der Waals surface area (Å²) < 4.78 is 22.5. The molecule has 1 aromatic rings. The minimum absolute atomic E-state index is 0.0176. The number of aryl methyl sites for hydroxylation is 1. The second-order valence-corrected chi connectivity index (χ2v) is 4.98. The maximum atomic E-state index is 11.3. The highest BCUT2D eigenvalue weighted by Crippen LogP contribution is 2.18. The van der Waals surface area contributed by atoms with E-state index in [4.69, 9.17) is 11.6 Å². The lowest BCUT2D eigenvalue weighted by Crippen LogP contribution is -2.15. The zero-order chi connectivity index (χ0) is 13.1. The first kappa shape index (κ1) is 13.2. The molecule has 0 bridgehead atoms. The van der Waals surface area contributed by atoms with Crippen LogP contribution in [-0.4, -0.2) is 14.3 Å². The highest BCUT2D eigenvalue weighted by atomic mass is 32.2. The fourth-order valence-corrected chi connectivity index (χ4v) is 2.09. The molecule has 6 heteroatoms. The highest BCUT2D eigenvalue weighted by molar-refractivity contribution is 7.89. The number of nitrogens with two attached hydrogens (primary N) is 1. The summed E-state index contributed by atoms with van der Waals surface area (Å²) >= 11 is 0. The van der Waals surface area contributed by atoms with Gasteiger partial charge in [0.15, 0.2) is 0 Å². The van der Waals surface area contributed by atoms with Crippen molar-refractivity contribution < 1.29 is 13.2 Å². The molecule has 0 radical (unpaired) electrons. The molecule has 0 atom stereocenters. The molecule has 0 unspecified atom stereocenters. The lowest BCUT2D eigenvalue weighted by Gasteiger charge is -2.07. The van der Waals surface area contributed by atoms with E-state index in [0.29, 0.717) is 11.3 Å². The molecule has 3 N–H and O–H groups in total. The first-order valence-corrected chi connectivity index (χ1v) is 6.26. The molecule has 0 saturated heterocycles. The average molecular weight is 252 g/mol. The van der Waals surface area contributed by atoms with Gasteiger partial charge in [-0.1, -0.05) is 12.0 Å². The third-order valence-corrected chi connectivity index (χ3v) is 3.09. The summed E-state index contributed by atoms with van der Waals surface area (Å²) in [6, 6.07) is 4.45. The van der Waals surface area contributed by atoms with Gasteiger partial charge in [0.25, 0.3) is 0 Å². The predicted molar refractivity (Wildman–Crippen MR) is 64.6 cm³/mol. The van der Waals surface area contributed by atoms with Crippen molar-refractivity contribution in [2.75, 3.05) is 5.32 Å². The van der Waals surface area contributed by atoms with Crippen LogP contribution in [0.25, 0.3) is 0 Å². The van der Waals surface area contributed by atoms with E-state index >= 15 is 0 Å². The molecule has 1 rings (SSSR count). The summed E-state index contributed by atoms with van der Waals surface area (Å²) in [4.78, 5) is 11.2. The van der Waals surface area contributed by atoms with Crippen molar-refractivity contribution in [3.05, 3.63) is 23.8 Å². The molecule has 5 nitrogen and oxygen atoms in total. The van der Waals surface area contributed by atoms with Gasteiger partial charge in [0.2, 0.25) is 15.9 Å². The summed E-state index contributed by atoms with van der Waals surface area (Å²) in [5.74, 6) is 1.81. The number of carbonyl (C=O) groups is 1. The maximum absolute atomic E-state index is 11.3. The molecule has 1 aromatic carbocycles. The number of rotatable bonds is 3. The molecule has 0 aliphatic heterocycles. The molecule has 0 spiro atoms. The van der Waals surface area contributed by atoms with Gasteiger partial charge in [0.1, 0.15) is 0 Å². The number of amides is 1. The Morgan fingerprint density at radius 2 is 2.18 bits per heavy atom. The molecule has 0 aliphatic carbocycles. The molecule has 0 aromatic heterocycles. The Morgan fingerprint density at radius 3 is 2.71 bits per heavy atom. The van der Waals surface area contributed by atoms with E-state index in [-0.39, 0.29) is 17.2 Å². The van der Waals surface area contributed by atoms with Gasteiger partial charge in [-0.05, 0) is 24.6 Å². The second kappa shape index (κ2) is 4.99. The largest absolute Gasteiger partial charge is 0.325 e. The van der Waals surface area contributed by atoms with E-state index < -0.39 is 10.0 Å². The van der Waals surface area contributed by atoms with E-state index in [1.54, 1.807) is 19.1 Å². The Morgan fingerprint density at radius 1 is 1.53 bits per heavy atom. The lowest BCUT2D eigenvalue weighted by molar-refractivity contribution is -0.115. The monoisotopic (exact) mass is 252 g/mol. The van der Waals surface area contributed by atoms with Gasteiger partial charge in [-0.25, -0.2) is 13.6 Å². The van der Waals surface area contributed by atoms with Crippen LogP contribution in [0.1, 0.15) is 12.0 Å². The van der Waals surface area contributed by atoms with Crippen LogP contribution in [0.2, 0.25) is 0 Å². The molecular weight excluding hydrogens is 240 g/mol. The average Bonchev–Trinajstić information content (AvgIpc) is 2.19. The maximum Gasteiger partial charge on any atom is 0.238 e. The summed E-state index contributed by atoms with van der Waals surface area (Å²) in [5, 5.41) is 7.52. The Bertz CT molecular complexity index is 585. The van der Waals surface area contributed by atoms with Gasteiger partial charge in [-0.15, -0.1) is 6.42 Å². The number of sulfonamides is 1. The van der Waals surface area contributed by atoms with Crippen LogP contribution in [-0.2, 0) is 14.8 Å². The van der Waals surface area contributed by atoms with Gasteiger partial charge < -0.3 is 5.32 Å². The topological polar surface area (TPSA) is 89.3 Å².